The number of hydrogen-bond donors (Lipinski definition) is 1. The van der Waals surface area contributed by atoms with Crippen molar-refractivity contribution in [3.8, 4) is 0 Å². The van der Waals surface area contributed by atoms with Crippen LogP contribution in [0.15, 0.2) is 0 Å². The molecule has 5 heteroatoms. The molecule has 1 N–H and O–H groups in total. The van der Waals surface area contributed by atoms with Crippen molar-refractivity contribution in [1.82, 2.24) is 4.90 Å². The number of carboxylic acid groups (broad SMARTS) is 1. The molecule has 0 aromatic carbocycles. The maximum atomic E-state index is 11.4. The van der Waals surface area contributed by atoms with Gasteiger partial charge in [-0.05, 0) is 13.3 Å². The Kier molecular flexibility index (Phi) is 3.65. The third-order valence-electron chi connectivity index (χ3n) is 2.84. The van der Waals surface area contributed by atoms with Crippen LogP contribution in [0, 0.1) is 0 Å². The molecule has 0 bridgehead atoms. The summed E-state index contributed by atoms with van der Waals surface area (Å²) in [6.07, 6.45) is 0.542. The molecule has 1 aliphatic heterocycles. The van der Waals surface area contributed by atoms with Gasteiger partial charge in [0.25, 0.3) is 0 Å². The van der Waals surface area contributed by atoms with E-state index in [9.17, 15) is 14.7 Å². The minimum absolute atomic E-state index is 0.158. The summed E-state index contributed by atoms with van der Waals surface area (Å²) in [4.78, 5) is 24.3. The predicted molar refractivity (Wildman–Crippen MR) is 60.0 cm³/mol. The topological polar surface area (TPSA) is 57.6 Å². The summed E-state index contributed by atoms with van der Waals surface area (Å²) in [7, 11) is 0. The zero-order valence-corrected chi connectivity index (χ0v) is 10.1. The van der Waals surface area contributed by atoms with Crippen molar-refractivity contribution in [1.29, 1.82) is 0 Å². The number of thioether (sulfide) groups is 1. The fourth-order valence-electron chi connectivity index (χ4n) is 2.15. The molecule has 1 fully saturated rings. The molecule has 4 nitrogen and oxygen atoms in total. The van der Waals surface area contributed by atoms with E-state index in [1.807, 2.05) is 13.8 Å². The number of carbonyl (C=O) groups is 2. The second-order valence-corrected chi connectivity index (χ2v) is 5.35. The molecule has 1 aliphatic rings. The normalized spacial score (nSPS) is 30.2. The quantitative estimate of drug-likeness (QED) is 0.793. The zero-order valence-electron chi connectivity index (χ0n) is 9.32. The summed E-state index contributed by atoms with van der Waals surface area (Å²) in [5, 5.41) is 9.63. The monoisotopic (exact) mass is 231 g/mol. The molecule has 1 amide bonds. The number of nitrogens with zero attached hydrogens (tertiary/aromatic N) is 1. The van der Waals surface area contributed by atoms with Gasteiger partial charge in [-0.15, -0.1) is 0 Å². The Morgan fingerprint density at radius 2 is 2.20 bits per heavy atom. The molecule has 1 heterocycles. The van der Waals surface area contributed by atoms with E-state index in [0.717, 1.165) is 0 Å². The molecule has 0 aliphatic carbocycles. The Hall–Kier alpha value is -0.710. The van der Waals surface area contributed by atoms with E-state index < -0.39 is 11.5 Å². The maximum Gasteiger partial charge on any atom is 0.330 e. The summed E-state index contributed by atoms with van der Waals surface area (Å²) in [5.41, 5.74) is -0.981. The number of rotatable bonds is 3. The molecule has 0 aromatic heterocycles. The predicted octanol–water partition coefficient (Wildman–Crippen LogP) is 1.20. The van der Waals surface area contributed by atoms with E-state index >= 15 is 0 Å². The standard InChI is InChI=1S/C10H17NO3S/c1-4-11(8(3)12)10(9(13)14)5-7(2)15-6-10/h7H,4-6H2,1-3H3,(H,13,14). The average Bonchev–Trinajstić information content (AvgIpc) is 2.49. The van der Waals surface area contributed by atoms with Gasteiger partial charge in [0.1, 0.15) is 0 Å². The second kappa shape index (κ2) is 4.43. The lowest BCUT2D eigenvalue weighted by molar-refractivity contribution is -0.156. The average molecular weight is 231 g/mol. The first kappa shape index (κ1) is 12.4. The van der Waals surface area contributed by atoms with Gasteiger partial charge in [0.05, 0.1) is 0 Å². The van der Waals surface area contributed by atoms with Gasteiger partial charge >= 0.3 is 5.97 Å². The largest absolute Gasteiger partial charge is 0.479 e. The first-order valence-electron chi connectivity index (χ1n) is 5.07. The highest BCUT2D eigenvalue weighted by Gasteiger charge is 2.50. The van der Waals surface area contributed by atoms with Gasteiger partial charge in [-0.2, -0.15) is 11.8 Å². The molecular weight excluding hydrogens is 214 g/mol. The number of hydrogen-bond acceptors (Lipinski definition) is 3. The number of aliphatic carboxylic acids is 1. The van der Waals surface area contributed by atoms with E-state index in [-0.39, 0.29) is 5.91 Å². The van der Waals surface area contributed by atoms with Crippen molar-refractivity contribution in [3.63, 3.8) is 0 Å². The van der Waals surface area contributed by atoms with Gasteiger partial charge in [0.15, 0.2) is 5.54 Å². The Labute approximate surface area is 94.0 Å². The Bertz CT molecular complexity index is 282. The Balaban J connectivity index is 3.00. The zero-order chi connectivity index (χ0) is 11.6. The fraction of sp³-hybridized carbons (Fsp3) is 0.800. The van der Waals surface area contributed by atoms with Crippen LogP contribution in [0.3, 0.4) is 0 Å². The van der Waals surface area contributed by atoms with E-state index in [1.165, 1.54) is 11.8 Å². The summed E-state index contributed by atoms with van der Waals surface area (Å²) in [5.74, 6) is -0.539. The second-order valence-electron chi connectivity index (χ2n) is 3.93. The summed E-state index contributed by atoms with van der Waals surface area (Å²) in [6.45, 7) is 5.71. The molecule has 0 saturated carbocycles. The SMILES string of the molecule is CCN(C(C)=O)C1(C(=O)O)CSC(C)C1. The number of carboxylic acids is 1. The summed E-state index contributed by atoms with van der Waals surface area (Å²) in [6, 6.07) is 0. The summed E-state index contributed by atoms with van der Waals surface area (Å²) >= 11 is 1.62. The van der Waals surface area contributed by atoms with Crippen LogP contribution in [0.1, 0.15) is 27.2 Å². The van der Waals surface area contributed by atoms with Crippen molar-refractivity contribution in [2.45, 2.75) is 38.0 Å². The van der Waals surface area contributed by atoms with Crippen LogP contribution in [0.4, 0.5) is 0 Å². The minimum Gasteiger partial charge on any atom is -0.479 e. The highest BCUT2D eigenvalue weighted by molar-refractivity contribution is 8.00. The number of likely N-dealkylation sites (N-methyl/N-ethyl adjacent to an activating group) is 1. The van der Waals surface area contributed by atoms with Crippen molar-refractivity contribution >= 4 is 23.6 Å². The minimum atomic E-state index is -0.981. The molecule has 86 valence electrons. The number of amides is 1. The van der Waals surface area contributed by atoms with Gasteiger partial charge in [0.2, 0.25) is 5.91 Å². The molecule has 0 aromatic rings. The Morgan fingerprint density at radius 3 is 2.47 bits per heavy atom. The molecule has 1 rings (SSSR count). The van der Waals surface area contributed by atoms with Gasteiger partial charge < -0.3 is 10.0 Å². The smallest absolute Gasteiger partial charge is 0.330 e. The van der Waals surface area contributed by atoms with Gasteiger partial charge in [-0.3, -0.25) is 4.79 Å². The Morgan fingerprint density at radius 1 is 1.60 bits per heavy atom. The van der Waals surface area contributed by atoms with Crippen LogP contribution >= 0.6 is 11.8 Å². The lowest BCUT2D eigenvalue weighted by Gasteiger charge is -2.36. The van der Waals surface area contributed by atoms with Crippen molar-refractivity contribution in [2.75, 3.05) is 12.3 Å². The van der Waals surface area contributed by atoms with E-state index in [1.54, 1.807) is 11.8 Å². The summed E-state index contributed by atoms with van der Waals surface area (Å²) < 4.78 is 0. The van der Waals surface area contributed by atoms with E-state index in [4.69, 9.17) is 0 Å². The third kappa shape index (κ3) is 2.12. The molecule has 2 unspecified atom stereocenters. The van der Waals surface area contributed by atoms with Crippen LogP contribution in [0.5, 0.6) is 0 Å². The number of carbonyl (C=O) groups excluding carboxylic acids is 1. The molecule has 2 atom stereocenters. The van der Waals surface area contributed by atoms with E-state index in [0.29, 0.717) is 24.0 Å². The lowest BCUT2D eigenvalue weighted by Crippen LogP contribution is -2.57. The third-order valence-corrected chi connectivity index (χ3v) is 4.22. The molecular formula is C10H17NO3S. The van der Waals surface area contributed by atoms with Crippen molar-refractivity contribution < 1.29 is 14.7 Å². The van der Waals surface area contributed by atoms with Crippen LogP contribution in [-0.4, -0.2) is 45.0 Å². The van der Waals surface area contributed by atoms with Crippen molar-refractivity contribution in [3.05, 3.63) is 0 Å². The van der Waals surface area contributed by atoms with Gasteiger partial charge in [-0.25, -0.2) is 4.79 Å². The van der Waals surface area contributed by atoms with E-state index in [2.05, 4.69) is 0 Å². The highest BCUT2D eigenvalue weighted by atomic mass is 32.2. The van der Waals surface area contributed by atoms with Gasteiger partial charge in [0, 0.05) is 24.5 Å². The first-order valence-corrected chi connectivity index (χ1v) is 6.12. The van der Waals surface area contributed by atoms with Crippen LogP contribution < -0.4 is 0 Å². The molecule has 0 spiro atoms. The van der Waals surface area contributed by atoms with Crippen LogP contribution in [0.25, 0.3) is 0 Å². The lowest BCUT2D eigenvalue weighted by atomic mass is 9.94. The highest BCUT2D eigenvalue weighted by Crippen LogP contribution is 2.38. The van der Waals surface area contributed by atoms with Crippen LogP contribution in [-0.2, 0) is 9.59 Å². The van der Waals surface area contributed by atoms with Crippen LogP contribution in [0.2, 0.25) is 0 Å². The molecule has 0 radical (unpaired) electrons. The maximum absolute atomic E-state index is 11.4. The molecule has 1 saturated heterocycles. The fourth-order valence-corrected chi connectivity index (χ4v) is 3.50. The van der Waals surface area contributed by atoms with Gasteiger partial charge in [-0.1, -0.05) is 6.92 Å². The first-order chi connectivity index (χ1) is 6.94. The molecule has 15 heavy (non-hydrogen) atoms. The van der Waals surface area contributed by atoms with Crippen molar-refractivity contribution in [2.24, 2.45) is 0 Å².